The van der Waals surface area contributed by atoms with Gasteiger partial charge in [-0.2, -0.15) is 0 Å². The second-order valence-corrected chi connectivity index (χ2v) is 3.72. The molecule has 0 heterocycles. The highest BCUT2D eigenvalue weighted by Gasteiger charge is 1.95. The molecule has 0 radical (unpaired) electrons. The molecule has 0 atom stereocenters. The van der Waals surface area contributed by atoms with Crippen molar-refractivity contribution in [1.82, 2.24) is 0 Å². The number of nitrogens with zero attached hydrogens (tertiary/aromatic N) is 2. The highest BCUT2D eigenvalue weighted by Crippen LogP contribution is 2.12. The number of benzene rings is 1. The van der Waals surface area contributed by atoms with Crippen molar-refractivity contribution >= 4 is 12.2 Å². The molecule has 0 aliphatic heterocycles. The zero-order valence-corrected chi connectivity index (χ0v) is 10.4. The van der Waals surface area contributed by atoms with Gasteiger partial charge in [0.1, 0.15) is 5.75 Å². The highest BCUT2D eigenvalue weighted by molar-refractivity contribution is 5.80. The molecule has 6 heteroatoms. The van der Waals surface area contributed by atoms with Crippen LogP contribution in [0.4, 0.5) is 0 Å². The number of ether oxygens (including phenoxy) is 1. The second kappa shape index (κ2) is 7.16. The van der Waals surface area contributed by atoms with E-state index in [4.69, 9.17) is 16.2 Å². The summed E-state index contributed by atoms with van der Waals surface area (Å²) in [6.45, 7) is 2.78. The van der Waals surface area contributed by atoms with Gasteiger partial charge < -0.3 is 9.94 Å². The van der Waals surface area contributed by atoms with Gasteiger partial charge in [-0.05, 0) is 24.1 Å². The molecule has 4 N–H and O–H groups in total. The van der Waals surface area contributed by atoms with E-state index in [0.717, 1.165) is 24.2 Å². The lowest BCUT2D eigenvalue weighted by molar-refractivity contribution is -0.463. The Balaban J connectivity index is 2.67. The van der Waals surface area contributed by atoms with Crippen LogP contribution in [-0.4, -0.2) is 23.6 Å². The molecule has 0 aliphatic rings. The summed E-state index contributed by atoms with van der Waals surface area (Å²) < 4.78 is 5.53. The molecule has 0 saturated heterocycles. The first-order valence-electron chi connectivity index (χ1n) is 5.75. The van der Waals surface area contributed by atoms with Crippen LogP contribution in [0.1, 0.15) is 25.3 Å². The van der Waals surface area contributed by atoms with Gasteiger partial charge in [0, 0.05) is 0 Å². The average molecular weight is 250 g/mol. The van der Waals surface area contributed by atoms with Gasteiger partial charge in [-0.25, -0.2) is 0 Å². The highest BCUT2D eigenvalue weighted by atomic mass is 16.5. The molecule has 0 fully saturated rings. The standard InChI is InChI=1S/C12H18N4O2/c1-2-3-7-18-11-6-4-5-10(8-11)9-15-16(17)12(13)14/h4-6,8-9H,2-3,7,13-14H2,1H3/b15-9-. The molecule has 0 spiro atoms. The summed E-state index contributed by atoms with van der Waals surface area (Å²) in [5.41, 5.74) is 10.9. The number of unbranched alkanes of at least 4 members (excludes halogenated alkanes) is 1. The summed E-state index contributed by atoms with van der Waals surface area (Å²) >= 11 is 0. The number of hydrazone groups is 1. The SMILES string of the molecule is CCCCOc1cccc(/C=N\[N+]([O-])=C(N)N)c1. The van der Waals surface area contributed by atoms with Crippen LogP contribution in [-0.2, 0) is 0 Å². The molecule has 0 bridgehead atoms. The minimum absolute atomic E-state index is 0.157. The Morgan fingerprint density at radius 3 is 2.94 bits per heavy atom. The lowest BCUT2D eigenvalue weighted by atomic mass is 10.2. The van der Waals surface area contributed by atoms with Crippen LogP contribution >= 0.6 is 0 Å². The van der Waals surface area contributed by atoms with Gasteiger partial charge in [0.15, 0.2) is 0 Å². The first kappa shape index (κ1) is 13.8. The van der Waals surface area contributed by atoms with Crippen molar-refractivity contribution in [2.24, 2.45) is 16.6 Å². The van der Waals surface area contributed by atoms with E-state index in [2.05, 4.69) is 12.0 Å². The molecule has 0 aromatic heterocycles. The van der Waals surface area contributed by atoms with E-state index >= 15 is 0 Å². The quantitative estimate of drug-likeness (QED) is 0.196. The van der Waals surface area contributed by atoms with E-state index in [0.29, 0.717) is 6.61 Å². The normalized spacial score (nSPS) is 10.5. The fourth-order valence-electron chi connectivity index (χ4n) is 1.20. The van der Waals surface area contributed by atoms with E-state index in [1.54, 1.807) is 12.1 Å². The first-order chi connectivity index (χ1) is 8.63. The summed E-state index contributed by atoms with van der Waals surface area (Å²) in [4.78, 5) is 0.157. The summed E-state index contributed by atoms with van der Waals surface area (Å²) in [5.74, 6) is 0.344. The number of hydrogen-bond acceptors (Lipinski definition) is 3. The molecule has 18 heavy (non-hydrogen) atoms. The molecule has 1 aromatic carbocycles. The second-order valence-electron chi connectivity index (χ2n) is 3.72. The zero-order chi connectivity index (χ0) is 13.4. The van der Waals surface area contributed by atoms with Crippen molar-refractivity contribution < 1.29 is 9.58 Å². The molecule has 1 rings (SSSR count). The minimum atomic E-state index is -0.401. The Bertz CT molecular complexity index is 439. The van der Waals surface area contributed by atoms with Crippen molar-refractivity contribution in [2.75, 3.05) is 6.61 Å². The molecular weight excluding hydrogens is 232 g/mol. The van der Waals surface area contributed by atoms with Gasteiger partial charge in [0.25, 0.3) is 0 Å². The Hall–Kier alpha value is -2.24. The summed E-state index contributed by atoms with van der Waals surface area (Å²) in [5, 5.41) is 14.6. The van der Waals surface area contributed by atoms with E-state index in [9.17, 15) is 5.21 Å². The van der Waals surface area contributed by atoms with Gasteiger partial charge in [-0.3, -0.25) is 11.5 Å². The third kappa shape index (κ3) is 4.73. The Morgan fingerprint density at radius 2 is 2.28 bits per heavy atom. The smallest absolute Gasteiger partial charge is 0.366 e. The molecule has 1 aromatic rings. The molecular formula is C12H18N4O2. The minimum Gasteiger partial charge on any atom is -0.722 e. The lowest BCUT2D eigenvalue weighted by Gasteiger charge is -2.06. The van der Waals surface area contributed by atoms with E-state index in [1.807, 2.05) is 12.1 Å². The predicted molar refractivity (Wildman–Crippen MR) is 71.4 cm³/mol. The molecule has 0 amide bonds. The van der Waals surface area contributed by atoms with Crippen molar-refractivity contribution in [3.05, 3.63) is 35.0 Å². The molecule has 6 nitrogen and oxygen atoms in total. The Kier molecular flexibility index (Phi) is 5.50. The van der Waals surface area contributed by atoms with Crippen molar-refractivity contribution in [2.45, 2.75) is 19.8 Å². The zero-order valence-electron chi connectivity index (χ0n) is 10.4. The van der Waals surface area contributed by atoms with Crippen LogP contribution in [0, 0.1) is 5.21 Å². The average Bonchev–Trinajstić information content (AvgIpc) is 2.36. The number of hydrogen-bond donors (Lipinski definition) is 2. The maximum atomic E-state index is 11.0. The van der Waals surface area contributed by atoms with Crippen LogP contribution in [0.15, 0.2) is 29.4 Å². The van der Waals surface area contributed by atoms with Crippen LogP contribution in [0.5, 0.6) is 5.75 Å². The van der Waals surface area contributed by atoms with E-state index in [-0.39, 0.29) is 4.85 Å². The largest absolute Gasteiger partial charge is 0.722 e. The molecule has 0 aliphatic carbocycles. The third-order valence-corrected chi connectivity index (χ3v) is 2.16. The topological polar surface area (TPSA) is 99.7 Å². The van der Waals surface area contributed by atoms with Gasteiger partial charge in [-0.15, -0.1) is 9.95 Å². The van der Waals surface area contributed by atoms with Crippen molar-refractivity contribution in [3.8, 4) is 5.75 Å². The molecule has 98 valence electrons. The van der Waals surface area contributed by atoms with Crippen molar-refractivity contribution in [3.63, 3.8) is 0 Å². The number of guanidine groups is 1. The fraction of sp³-hybridized carbons (Fsp3) is 0.333. The fourth-order valence-corrected chi connectivity index (χ4v) is 1.20. The Labute approximate surface area is 106 Å². The molecule has 0 unspecified atom stereocenters. The summed E-state index contributed by atoms with van der Waals surface area (Å²) in [6.07, 6.45) is 3.46. The Morgan fingerprint density at radius 1 is 1.50 bits per heavy atom. The first-order valence-corrected chi connectivity index (χ1v) is 5.75. The maximum absolute atomic E-state index is 11.0. The van der Waals surface area contributed by atoms with Crippen molar-refractivity contribution in [1.29, 1.82) is 0 Å². The monoisotopic (exact) mass is 250 g/mol. The van der Waals surface area contributed by atoms with E-state index < -0.39 is 5.96 Å². The van der Waals surface area contributed by atoms with Crippen LogP contribution in [0.25, 0.3) is 0 Å². The van der Waals surface area contributed by atoms with Crippen LogP contribution in [0.2, 0.25) is 0 Å². The lowest BCUT2D eigenvalue weighted by Crippen LogP contribution is -2.30. The molecule has 0 saturated carbocycles. The summed E-state index contributed by atoms with van der Waals surface area (Å²) in [7, 11) is 0. The van der Waals surface area contributed by atoms with Gasteiger partial charge in [0.2, 0.25) is 0 Å². The predicted octanol–water partition coefficient (Wildman–Crippen LogP) is 0.983. The van der Waals surface area contributed by atoms with Gasteiger partial charge in [0.05, 0.1) is 12.8 Å². The number of nitrogens with two attached hydrogens (primary N) is 2. The van der Waals surface area contributed by atoms with Crippen LogP contribution in [0.3, 0.4) is 0 Å². The number of rotatable bonds is 6. The van der Waals surface area contributed by atoms with E-state index in [1.165, 1.54) is 6.21 Å². The van der Waals surface area contributed by atoms with Gasteiger partial charge in [-0.1, -0.05) is 25.5 Å². The van der Waals surface area contributed by atoms with Gasteiger partial charge >= 0.3 is 5.96 Å². The third-order valence-electron chi connectivity index (χ3n) is 2.16. The summed E-state index contributed by atoms with van der Waals surface area (Å²) in [6, 6.07) is 7.27. The van der Waals surface area contributed by atoms with Crippen LogP contribution < -0.4 is 16.2 Å². The maximum Gasteiger partial charge on any atom is 0.366 e.